The molecule has 4 N–H and O–H groups in total. The van der Waals surface area contributed by atoms with Gasteiger partial charge >= 0.3 is 0 Å². The molecule has 0 aromatic heterocycles. The number of rotatable bonds is 7. The molecule has 0 spiro atoms. The molecule has 0 unspecified atom stereocenters. The van der Waals surface area contributed by atoms with Crippen LogP contribution in [0.15, 0.2) is 48.5 Å². The maximum Gasteiger partial charge on any atom is 0.251 e. The van der Waals surface area contributed by atoms with Crippen LogP contribution in [0.2, 0.25) is 0 Å². The normalized spacial score (nSPS) is 10.2. The van der Waals surface area contributed by atoms with Crippen LogP contribution in [-0.4, -0.2) is 37.4 Å². The Morgan fingerprint density at radius 3 is 2.22 bits per heavy atom. The van der Waals surface area contributed by atoms with Gasteiger partial charge in [-0.25, -0.2) is 0 Å². The molecule has 2 rings (SSSR count). The van der Waals surface area contributed by atoms with E-state index in [-0.39, 0.29) is 30.3 Å². The number of anilines is 2. The van der Waals surface area contributed by atoms with Gasteiger partial charge in [-0.15, -0.1) is 0 Å². The molecule has 2 aromatic carbocycles. The van der Waals surface area contributed by atoms with Crippen LogP contribution in [0.1, 0.15) is 34.6 Å². The van der Waals surface area contributed by atoms with Gasteiger partial charge in [-0.2, -0.15) is 0 Å². The second-order valence-corrected chi connectivity index (χ2v) is 6.27. The Labute approximate surface area is 158 Å². The molecule has 7 nitrogen and oxygen atoms in total. The molecule has 3 amide bonds. The van der Waals surface area contributed by atoms with Crippen LogP contribution in [0, 0.1) is 0 Å². The fraction of sp³-hybridized carbons (Fsp3) is 0.250. The van der Waals surface area contributed by atoms with Gasteiger partial charge in [0.1, 0.15) is 0 Å². The van der Waals surface area contributed by atoms with Gasteiger partial charge in [0, 0.05) is 35.6 Å². The van der Waals surface area contributed by atoms with E-state index in [2.05, 4.69) is 21.3 Å². The predicted octanol–water partition coefficient (Wildman–Crippen LogP) is 2.23. The van der Waals surface area contributed by atoms with Crippen LogP contribution >= 0.6 is 0 Å². The zero-order valence-electron chi connectivity index (χ0n) is 15.6. The summed E-state index contributed by atoms with van der Waals surface area (Å²) in [6, 6.07) is 13.7. The number of carbonyl (C=O) groups excluding carboxylic acids is 3. The lowest BCUT2D eigenvalue weighted by molar-refractivity contribution is -0.114. The average Bonchev–Trinajstić information content (AvgIpc) is 2.65. The first kappa shape index (κ1) is 20.0. The van der Waals surface area contributed by atoms with Gasteiger partial charge in [-0.05, 0) is 56.3 Å². The minimum absolute atomic E-state index is 0.0573. The van der Waals surface area contributed by atoms with Crippen molar-refractivity contribution in [1.29, 1.82) is 0 Å². The van der Waals surface area contributed by atoms with E-state index in [1.54, 1.807) is 55.6 Å². The molecule has 0 saturated heterocycles. The lowest BCUT2D eigenvalue weighted by atomic mass is 10.2. The highest BCUT2D eigenvalue weighted by Crippen LogP contribution is 2.12. The van der Waals surface area contributed by atoms with Crippen molar-refractivity contribution in [3.63, 3.8) is 0 Å². The number of hydrogen-bond donors (Lipinski definition) is 4. The van der Waals surface area contributed by atoms with Gasteiger partial charge in [0.05, 0.1) is 6.54 Å². The van der Waals surface area contributed by atoms with Crippen molar-refractivity contribution in [2.45, 2.75) is 19.9 Å². The lowest BCUT2D eigenvalue weighted by Gasteiger charge is -2.10. The molecular weight excluding hydrogens is 344 g/mol. The Morgan fingerprint density at radius 1 is 0.889 bits per heavy atom. The first-order valence-electron chi connectivity index (χ1n) is 8.66. The van der Waals surface area contributed by atoms with E-state index in [4.69, 9.17) is 0 Å². The zero-order valence-corrected chi connectivity index (χ0v) is 15.6. The summed E-state index contributed by atoms with van der Waals surface area (Å²) >= 11 is 0. The first-order valence-corrected chi connectivity index (χ1v) is 8.66. The van der Waals surface area contributed by atoms with Gasteiger partial charge in [0.15, 0.2) is 0 Å². The second-order valence-electron chi connectivity index (χ2n) is 6.27. The number of hydrogen-bond acceptors (Lipinski definition) is 4. The molecule has 0 bridgehead atoms. The van der Waals surface area contributed by atoms with E-state index in [0.717, 1.165) is 5.69 Å². The van der Waals surface area contributed by atoms with Crippen LogP contribution in [-0.2, 0) is 4.79 Å². The van der Waals surface area contributed by atoms with Gasteiger partial charge in [0.25, 0.3) is 11.8 Å². The molecule has 142 valence electrons. The molecule has 0 radical (unpaired) electrons. The summed E-state index contributed by atoms with van der Waals surface area (Å²) in [5, 5.41) is 11.1. The van der Waals surface area contributed by atoms with Crippen LogP contribution in [0.5, 0.6) is 0 Å². The van der Waals surface area contributed by atoms with E-state index in [0.29, 0.717) is 16.8 Å². The van der Waals surface area contributed by atoms with E-state index >= 15 is 0 Å². The monoisotopic (exact) mass is 368 g/mol. The summed E-state index contributed by atoms with van der Waals surface area (Å²) < 4.78 is 0. The van der Waals surface area contributed by atoms with Crippen molar-refractivity contribution in [2.24, 2.45) is 0 Å². The number of amides is 3. The summed E-state index contributed by atoms with van der Waals surface area (Å²) in [6.07, 6.45) is 0. The third-order valence-corrected chi connectivity index (χ3v) is 3.66. The van der Waals surface area contributed by atoms with Gasteiger partial charge in [-0.3, -0.25) is 14.4 Å². The third kappa shape index (κ3) is 6.14. The largest absolute Gasteiger partial charge is 0.376 e. The molecular formula is C20H24N4O3. The minimum atomic E-state index is -0.245. The van der Waals surface area contributed by atoms with Crippen molar-refractivity contribution < 1.29 is 14.4 Å². The van der Waals surface area contributed by atoms with E-state index in [1.165, 1.54) is 0 Å². The predicted molar refractivity (Wildman–Crippen MR) is 106 cm³/mol. The van der Waals surface area contributed by atoms with E-state index in [9.17, 15) is 14.4 Å². The van der Waals surface area contributed by atoms with E-state index in [1.807, 2.05) is 13.8 Å². The maximum absolute atomic E-state index is 12.1. The van der Waals surface area contributed by atoms with Crippen LogP contribution < -0.4 is 21.3 Å². The van der Waals surface area contributed by atoms with Crippen LogP contribution in [0.4, 0.5) is 11.4 Å². The number of nitrogens with one attached hydrogen (secondary N) is 4. The quantitative estimate of drug-likeness (QED) is 0.602. The Morgan fingerprint density at radius 2 is 1.59 bits per heavy atom. The SMILES string of the molecule is CNC(=O)c1cccc(NC(=O)CNc2ccc(C(=O)NC(C)C)cc2)c1. The number of benzene rings is 2. The molecule has 27 heavy (non-hydrogen) atoms. The third-order valence-electron chi connectivity index (χ3n) is 3.66. The summed E-state index contributed by atoms with van der Waals surface area (Å²) in [7, 11) is 1.55. The van der Waals surface area contributed by atoms with Gasteiger partial charge in [0.2, 0.25) is 5.91 Å². The smallest absolute Gasteiger partial charge is 0.251 e. The van der Waals surface area contributed by atoms with Crippen molar-refractivity contribution in [1.82, 2.24) is 10.6 Å². The molecule has 0 saturated carbocycles. The molecule has 0 aliphatic carbocycles. The Kier molecular flexibility index (Phi) is 6.93. The van der Waals surface area contributed by atoms with Crippen molar-refractivity contribution in [2.75, 3.05) is 24.2 Å². The average molecular weight is 368 g/mol. The molecule has 0 fully saturated rings. The number of carbonyl (C=O) groups is 3. The highest BCUT2D eigenvalue weighted by Gasteiger charge is 2.08. The van der Waals surface area contributed by atoms with Crippen LogP contribution in [0.3, 0.4) is 0 Å². The lowest BCUT2D eigenvalue weighted by Crippen LogP contribution is -2.30. The fourth-order valence-corrected chi connectivity index (χ4v) is 2.36. The summed E-state index contributed by atoms with van der Waals surface area (Å²) in [5.74, 6) is -0.596. The van der Waals surface area contributed by atoms with Gasteiger partial charge < -0.3 is 21.3 Å². The minimum Gasteiger partial charge on any atom is -0.376 e. The molecule has 2 aromatic rings. The molecule has 0 atom stereocenters. The van der Waals surface area contributed by atoms with Gasteiger partial charge in [-0.1, -0.05) is 6.07 Å². The molecule has 7 heteroatoms. The molecule has 0 aliphatic heterocycles. The van der Waals surface area contributed by atoms with E-state index < -0.39 is 0 Å². The highest BCUT2D eigenvalue weighted by atomic mass is 16.2. The standard InChI is InChI=1S/C20H24N4O3/c1-13(2)23-20(27)14-7-9-16(10-8-14)22-12-18(25)24-17-6-4-5-15(11-17)19(26)21-3/h4-11,13,22H,12H2,1-3H3,(H,21,26)(H,23,27)(H,24,25). The second kappa shape index (κ2) is 9.38. The Bertz CT molecular complexity index is 816. The highest BCUT2D eigenvalue weighted by molar-refractivity contribution is 5.98. The first-order chi connectivity index (χ1) is 12.9. The molecule has 0 aliphatic rings. The summed E-state index contributed by atoms with van der Waals surface area (Å²) in [6.45, 7) is 3.86. The Balaban J connectivity index is 1.88. The van der Waals surface area contributed by atoms with Crippen molar-refractivity contribution >= 4 is 29.1 Å². The summed E-state index contributed by atoms with van der Waals surface area (Å²) in [4.78, 5) is 35.6. The van der Waals surface area contributed by atoms with Crippen molar-refractivity contribution in [3.8, 4) is 0 Å². The van der Waals surface area contributed by atoms with Crippen molar-refractivity contribution in [3.05, 3.63) is 59.7 Å². The summed E-state index contributed by atoms with van der Waals surface area (Å²) in [5.41, 5.74) is 2.30. The van der Waals surface area contributed by atoms with Crippen LogP contribution in [0.25, 0.3) is 0 Å². The molecule has 0 heterocycles. The Hall–Kier alpha value is -3.35. The fourth-order valence-electron chi connectivity index (χ4n) is 2.36. The zero-order chi connectivity index (χ0) is 19.8. The topological polar surface area (TPSA) is 99.3 Å². The maximum atomic E-state index is 12.1.